The van der Waals surface area contributed by atoms with Crippen molar-refractivity contribution in [2.24, 2.45) is 0 Å². The molecule has 0 unspecified atom stereocenters. The number of hydrogen-bond donors (Lipinski definition) is 2. The van der Waals surface area contributed by atoms with Gasteiger partial charge in [-0.15, -0.1) is 0 Å². The summed E-state index contributed by atoms with van der Waals surface area (Å²) in [6, 6.07) is 1.89. The van der Waals surface area contributed by atoms with Gasteiger partial charge >= 0.3 is 35.5 Å². The van der Waals surface area contributed by atoms with E-state index in [1.807, 2.05) is 0 Å². The molecule has 0 heterocycles. The Labute approximate surface area is 119 Å². The van der Waals surface area contributed by atoms with E-state index < -0.39 is 37.2 Å². The standard InChI is InChI=1S/C7H5NO7S.Na.H/c9-7(10)4-1-5(8(11)12)3-6(2-4)16(13,14)15;;/h1-3H,(H,9,10)(H,13,14,15);;/q;+1;-1. The second-order valence-electron chi connectivity index (χ2n) is 2.75. The van der Waals surface area contributed by atoms with Gasteiger partial charge in [0, 0.05) is 12.1 Å². The molecule has 0 fully saturated rings. The van der Waals surface area contributed by atoms with E-state index in [2.05, 4.69) is 0 Å². The summed E-state index contributed by atoms with van der Waals surface area (Å²) < 4.78 is 30.1. The maximum atomic E-state index is 10.7. The first-order chi connectivity index (χ1) is 7.21. The SMILES string of the molecule is O=C(O)c1cc([N+](=O)[O-])cc(S(=O)(=O)O)c1.[H-].[Na+]. The normalized spacial score (nSPS) is 10.4. The van der Waals surface area contributed by atoms with Crippen LogP contribution in [0.25, 0.3) is 0 Å². The summed E-state index contributed by atoms with van der Waals surface area (Å²) in [4.78, 5) is 19.2. The van der Waals surface area contributed by atoms with Crippen molar-refractivity contribution in [2.75, 3.05) is 0 Å². The summed E-state index contributed by atoms with van der Waals surface area (Å²) in [5.41, 5.74) is -1.32. The van der Waals surface area contributed by atoms with Crippen molar-refractivity contribution >= 4 is 21.8 Å². The number of carboxylic acid groups (broad SMARTS) is 1. The number of hydrogen-bond acceptors (Lipinski definition) is 5. The Morgan fingerprint density at radius 2 is 1.88 bits per heavy atom. The Morgan fingerprint density at radius 1 is 1.35 bits per heavy atom. The first kappa shape index (κ1) is 16.0. The molecule has 0 amide bonds. The number of carbonyl (C=O) groups is 1. The molecule has 1 aromatic carbocycles. The molecule has 0 saturated carbocycles. The van der Waals surface area contributed by atoms with E-state index in [1.54, 1.807) is 0 Å². The van der Waals surface area contributed by atoms with E-state index in [-0.39, 0.29) is 31.0 Å². The van der Waals surface area contributed by atoms with Gasteiger partial charge in [0.25, 0.3) is 15.8 Å². The van der Waals surface area contributed by atoms with Crippen LogP contribution in [0.3, 0.4) is 0 Å². The van der Waals surface area contributed by atoms with Crippen molar-refractivity contribution in [1.29, 1.82) is 0 Å². The second kappa shape index (κ2) is 5.56. The van der Waals surface area contributed by atoms with E-state index in [0.717, 1.165) is 0 Å². The van der Waals surface area contributed by atoms with Crippen molar-refractivity contribution in [3.05, 3.63) is 33.9 Å². The molecular weight excluding hydrogens is 265 g/mol. The summed E-state index contributed by atoms with van der Waals surface area (Å²) in [6.45, 7) is 0. The van der Waals surface area contributed by atoms with E-state index in [0.29, 0.717) is 18.2 Å². The zero-order valence-electron chi connectivity index (χ0n) is 9.52. The molecule has 88 valence electrons. The van der Waals surface area contributed by atoms with Crippen LogP contribution in [0.1, 0.15) is 11.8 Å². The Hall–Kier alpha value is -1.000. The molecule has 17 heavy (non-hydrogen) atoms. The number of nitro benzene ring substituents is 1. The molecule has 8 nitrogen and oxygen atoms in total. The van der Waals surface area contributed by atoms with Gasteiger partial charge in [-0.2, -0.15) is 8.42 Å². The number of non-ortho nitro benzene ring substituents is 1. The number of benzene rings is 1. The van der Waals surface area contributed by atoms with Gasteiger partial charge in [-0.3, -0.25) is 14.7 Å². The number of rotatable bonds is 3. The summed E-state index contributed by atoms with van der Waals surface area (Å²) in [5.74, 6) is -1.53. The Bertz CT molecular complexity index is 541. The molecule has 0 bridgehead atoms. The first-order valence-electron chi connectivity index (χ1n) is 3.72. The van der Waals surface area contributed by atoms with Gasteiger partial charge in [0.1, 0.15) is 4.90 Å². The minimum atomic E-state index is -4.68. The van der Waals surface area contributed by atoms with Crippen LogP contribution >= 0.6 is 0 Å². The minimum absolute atomic E-state index is 0. The van der Waals surface area contributed by atoms with Crippen molar-refractivity contribution in [1.82, 2.24) is 0 Å². The van der Waals surface area contributed by atoms with Gasteiger partial charge in [-0.1, -0.05) is 0 Å². The zero-order valence-corrected chi connectivity index (χ0v) is 11.3. The van der Waals surface area contributed by atoms with E-state index in [4.69, 9.17) is 9.66 Å². The minimum Gasteiger partial charge on any atom is -1.00 e. The van der Waals surface area contributed by atoms with Gasteiger partial charge in [0.15, 0.2) is 0 Å². The van der Waals surface area contributed by atoms with Gasteiger partial charge in [-0.25, -0.2) is 4.79 Å². The van der Waals surface area contributed by atoms with Gasteiger partial charge < -0.3 is 6.53 Å². The third-order valence-corrected chi connectivity index (χ3v) is 2.48. The summed E-state index contributed by atoms with van der Waals surface area (Å²) in [6.07, 6.45) is 0. The fourth-order valence-electron chi connectivity index (χ4n) is 0.961. The van der Waals surface area contributed by atoms with E-state index >= 15 is 0 Å². The maximum absolute atomic E-state index is 10.7. The average molecular weight is 271 g/mol. The van der Waals surface area contributed by atoms with Crippen molar-refractivity contribution in [3.8, 4) is 0 Å². The molecule has 0 spiro atoms. The van der Waals surface area contributed by atoms with Gasteiger partial charge in [0.2, 0.25) is 0 Å². The molecule has 10 heteroatoms. The third kappa shape index (κ3) is 4.06. The topological polar surface area (TPSA) is 135 Å². The molecule has 0 aliphatic heterocycles. The molecule has 0 aliphatic rings. The zero-order chi connectivity index (χ0) is 12.5. The van der Waals surface area contributed by atoms with Crippen LogP contribution < -0.4 is 29.6 Å². The van der Waals surface area contributed by atoms with Crippen LogP contribution in [-0.2, 0) is 10.1 Å². The van der Waals surface area contributed by atoms with E-state index in [9.17, 15) is 23.3 Å². The molecule has 2 N–H and O–H groups in total. The molecule has 1 rings (SSSR count). The Kier molecular flexibility index (Phi) is 5.23. The summed E-state index contributed by atoms with van der Waals surface area (Å²) >= 11 is 0. The number of nitro groups is 1. The number of aromatic carboxylic acids is 1. The predicted octanol–water partition coefficient (Wildman–Crippen LogP) is -2.34. The molecule has 0 radical (unpaired) electrons. The van der Waals surface area contributed by atoms with Crippen molar-refractivity contribution in [3.63, 3.8) is 0 Å². The van der Waals surface area contributed by atoms with Crippen LogP contribution in [0.4, 0.5) is 5.69 Å². The Morgan fingerprint density at radius 3 is 2.24 bits per heavy atom. The molecule has 1 aromatic rings. The summed E-state index contributed by atoms with van der Waals surface area (Å²) in [5, 5.41) is 19.0. The van der Waals surface area contributed by atoms with E-state index in [1.165, 1.54) is 0 Å². The molecule has 0 aromatic heterocycles. The monoisotopic (exact) mass is 271 g/mol. The van der Waals surface area contributed by atoms with Crippen LogP contribution in [-0.4, -0.2) is 29.0 Å². The van der Waals surface area contributed by atoms with Crippen molar-refractivity contribution in [2.45, 2.75) is 4.90 Å². The van der Waals surface area contributed by atoms with Crippen LogP contribution in [0, 0.1) is 10.1 Å². The van der Waals surface area contributed by atoms with Crippen LogP contribution in [0.5, 0.6) is 0 Å². The summed E-state index contributed by atoms with van der Waals surface area (Å²) in [7, 11) is -4.68. The van der Waals surface area contributed by atoms with Crippen LogP contribution in [0.2, 0.25) is 0 Å². The van der Waals surface area contributed by atoms with Gasteiger partial charge in [0.05, 0.1) is 10.5 Å². The molecule has 0 aliphatic carbocycles. The molecular formula is C7H6NNaO7S. The average Bonchev–Trinajstić information content (AvgIpc) is 2.15. The number of nitrogens with zero attached hydrogens (tertiary/aromatic N) is 1. The number of carboxylic acids is 1. The fraction of sp³-hybridized carbons (Fsp3) is 0. The third-order valence-electron chi connectivity index (χ3n) is 1.65. The second-order valence-corrected chi connectivity index (χ2v) is 4.17. The van der Waals surface area contributed by atoms with Crippen molar-refractivity contribution < 1.29 is 58.8 Å². The Balaban J connectivity index is 0. The first-order valence-corrected chi connectivity index (χ1v) is 5.16. The molecule has 0 atom stereocenters. The predicted molar refractivity (Wildman–Crippen MR) is 51.0 cm³/mol. The maximum Gasteiger partial charge on any atom is 1.00 e. The largest absolute Gasteiger partial charge is 1.00 e. The van der Waals surface area contributed by atoms with Gasteiger partial charge in [-0.05, 0) is 6.07 Å². The fourth-order valence-corrected chi connectivity index (χ4v) is 1.51. The smallest absolute Gasteiger partial charge is 1.00 e. The molecule has 0 saturated heterocycles. The quantitative estimate of drug-likeness (QED) is 0.272. The van der Waals surface area contributed by atoms with Crippen LogP contribution in [0.15, 0.2) is 23.1 Å².